The van der Waals surface area contributed by atoms with E-state index in [9.17, 15) is 9.59 Å². The van der Waals surface area contributed by atoms with E-state index in [0.717, 1.165) is 38.5 Å². The summed E-state index contributed by atoms with van der Waals surface area (Å²) in [5.41, 5.74) is 0. The number of nitrogens with one attached hydrogen (secondary N) is 2. The molecule has 6 nitrogen and oxygen atoms in total. The number of thiophene rings is 1. The van der Waals surface area contributed by atoms with Crippen molar-refractivity contribution >= 4 is 23.5 Å². The van der Waals surface area contributed by atoms with Crippen LogP contribution in [0.25, 0.3) is 0 Å². The van der Waals surface area contributed by atoms with Gasteiger partial charge in [-0.1, -0.05) is 78.1 Å². The van der Waals surface area contributed by atoms with Crippen molar-refractivity contribution in [2.24, 2.45) is 0 Å². The first-order valence-corrected chi connectivity index (χ1v) is 12.1. The van der Waals surface area contributed by atoms with Crippen molar-refractivity contribution in [3.63, 3.8) is 0 Å². The van der Waals surface area contributed by atoms with Crippen molar-refractivity contribution in [2.75, 3.05) is 13.1 Å². The zero-order chi connectivity index (χ0) is 21.2. The van der Waals surface area contributed by atoms with Gasteiger partial charge in [-0.05, 0) is 12.8 Å². The van der Waals surface area contributed by atoms with E-state index in [0.29, 0.717) is 13.1 Å². The molecule has 0 radical (unpaired) electrons. The molecular weight excluding hydrogens is 388 g/mol. The molecule has 1 heterocycles. The first-order valence-electron chi connectivity index (χ1n) is 11.1. The van der Waals surface area contributed by atoms with Gasteiger partial charge in [0, 0.05) is 23.8 Å². The highest BCUT2D eigenvalue weighted by molar-refractivity contribution is 7.08. The molecule has 0 unspecified atom stereocenters. The summed E-state index contributed by atoms with van der Waals surface area (Å²) in [6.07, 6.45) is 13.0. The monoisotopic (exact) mass is 426 g/mol. The third-order valence-corrected chi connectivity index (χ3v) is 5.30. The van der Waals surface area contributed by atoms with Gasteiger partial charge in [-0.2, -0.15) is 0 Å². The van der Waals surface area contributed by atoms with Crippen LogP contribution in [0.1, 0.15) is 90.9 Å². The lowest BCUT2D eigenvalue weighted by Gasteiger charge is -2.09. The highest BCUT2D eigenvalue weighted by atomic mass is 32.1. The normalized spacial score (nSPS) is 10.6. The van der Waals surface area contributed by atoms with Gasteiger partial charge < -0.3 is 20.1 Å². The molecule has 1 aromatic rings. The van der Waals surface area contributed by atoms with E-state index in [4.69, 9.17) is 9.47 Å². The van der Waals surface area contributed by atoms with Crippen molar-refractivity contribution < 1.29 is 19.1 Å². The first-order chi connectivity index (χ1) is 14.2. The SMILES string of the molecule is CCCCCCCCCCNC(=O)Oc1cscc1OC(=O)NCCCCCC. The summed E-state index contributed by atoms with van der Waals surface area (Å²) >= 11 is 1.32. The van der Waals surface area contributed by atoms with Crippen LogP contribution >= 0.6 is 11.3 Å². The average molecular weight is 427 g/mol. The highest BCUT2D eigenvalue weighted by Crippen LogP contribution is 2.31. The van der Waals surface area contributed by atoms with Gasteiger partial charge in [0.25, 0.3) is 0 Å². The molecule has 1 rings (SSSR count). The molecule has 29 heavy (non-hydrogen) atoms. The zero-order valence-electron chi connectivity index (χ0n) is 18.1. The smallest absolute Gasteiger partial charge is 0.405 e. The Bertz CT molecular complexity index is 563. The number of ether oxygens (including phenoxy) is 2. The van der Waals surface area contributed by atoms with E-state index in [-0.39, 0.29) is 11.5 Å². The minimum absolute atomic E-state index is 0.267. The van der Waals surface area contributed by atoms with E-state index in [1.54, 1.807) is 10.8 Å². The van der Waals surface area contributed by atoms with Crippen LogP contribution in [0.3, 0.4) is 0 Å². The van der Waals surface area contributed by atoms with Crippen LogP contribution in [0.15, 0.2) is 10.8 Å². The molecule has 2 amide bonds. The summed E-state index contributed by atoms with van der Waals surface area (Å²) < 4.78 is 10.5. The number of rotatable bonds is 16. The van der Waals surface area contributed by atoms with E-state index >= 15 is 0 Å². The summed E-state index contributed by atoms with van der Waals surface area (Å²) in [7, 11) is 0. The fourth-order valence-corrected chi connectivity index (χ4v) is 3.53. The number of unbranched alkanes of at least 4 members (excludes halogenated alkanes) is 10. The largest absolute Gasteiger partial charge is 0.412 e. The Morgan fingerprint density at radius 1 is 0.690 bits per heavy atom. The first kappa shape index (κ1) is 25.3. The van der Waals surface area contributed by atoms with E-state index in [1.807, 2.05) is 0 Å². The Hall–Kier alpha value is -1.76. The Balaban J connectivity index is 2.15. The molecule has 2 N–H and O–H groups in total. The molecular formula is C22H38N2O4S. The summed E-state index contributed by atoms with van der Waals surface area (Å²) in [4.78, 5) is 23.8. The van der Waals surface area contributed by atoms with Gasteiger partial charge >= 0.3 is 12.2 Å². The molecule has 0 bridgehead atoms. The molecule has 0 saturated carbocycles. The standard InChI is InChI=1S/C22H38N2O4S/c1-3-5-7-9-10-11-12-14-16-24-22(26)28-20-18-29-17-19(20)27-21(25)23-15-13-8-6-4-2/h17-18H,3-16H2,1-2H3,(H,23,25)(H,24,26). The average Bonchev–Trinajstić information content (AvgIpc) is 3.13. The van der Waals surface area contributed by atoms with Crippen molar-refractivity contribution in [3.05, 3.63) is 10.8 Å². The number of hydrogen-bond donors (Lipinski definition) is 2. The molecule has 1 aromatic heterocycles. The second-order valence-corrected chi connectivity index (χ2v) is 8.01. The number of carbonyl (C=O) groups excluding carboxylic acids is 2. The Kier molecular flexibility index (Phi) is 14.9. The maximum atomic E-state index is 11.9. The third kappa shape index (κ3) is 13.2. The number of hydrogen-bond acceptors (Lipinski definition) is 5. The lowest BCUT2D eigenvalue weighted by atomic mass is 10.1. The molecule has 0 spiro atoms. The second kappa shape index (κ2) is 17.1. The molecule has 0 atom stereocenters. The Morgan fingerprint density at radius 3 is 1.52 bits per heavy atom. The predicted octanol–water partition coefficient (Wildman–Crippen LogP) is 6.65. The topological polar surface area (TPSA) is 76.7 Å². The van der Waals surface area contributed by atoms with Crippen molar-refractivity contribution in [1.29, 1.82) is 0 Å². The van der Waals surface area contributed by atoms with Crippen LogP contribution in [0.2, 0.25) is 0 Å². The van der Waals surface area contributed by atoms with Crippen LogP contribution in [-0.4, -0.2) is 25.3 Å². The molecule has 0 saturated heterocycles. The van der Waals surface area contributed by atoms with Crippen molar-refractivity contribution in [1.82, 2.24) is 10.6 Å². The van der Waals surface area contributed by atoms with Gasteiger partial charge in [-0.25, -0.2) is 9.59 Å². The highest BCUT2D eigenvalue weighted by Gasteiger charge is 2.14. The van der Waals surface area contributed by atoms with Crippen molar-refractivity contribution in [2.45, 2.75) is 90.9 Å². The zero-order valence-corrected chi connectivity index (χ0v) is 18.9. The minimum atomic E-state index is -0.524. The quantitative estimate of drug-likeness (QED) is 0.290. The van der Waals surface area contributed by atoms with Gasteiger partial charge in [0.2, 0.25) is 0 Å². The second-order valence-electron chi connectivity index (χ2n) is 7.27. The van der Waals surface area contributed by atoms with Crippen LogP contribution in [0, 0.1) is 0 Å². The molecule has 166 valence electrons. The summed E-state index contributed by atoms with van der Waals surface area (Å²) in [6, 6.07) is 0. The maximum absolute atomic E-state index is 11.9. The fraction of sp³-hybridized carbons (Fsp3) is 0.727. The number of carbonyl (C=O) groups is 2. The van der Waals surface area contributed by atoms with Gasteiger partial charge in [-0.3, -0.25) is 0 Å². The fourth-order valence-electron chi connectivity index (χ4n) is 2.89. The molecule has 0 aliphatic carbocycles. The van der Waals surface area contributed by atoms with Gasteiger partial charge in [0.1, 0.15) is 0 Å². The summed E-state index contributed by atoms with van der Waals surface area (Å²) in [6.45, 7) is 5.54. The summed E-state index contributed by atoms with van der Waals surface area (Å²) in [5, 5.41) is 8.77. The van der Waals surface area contributed by atoms with Crippen LogP contribution in [0.5, 0.6) is 11.5 Å². The Labute approximate surface area is 179 Å². The molecule has 7 heteroatoms. The van der Waals surface area contributed by atoms with E-state index in [2.05, 4.69) is 24.5 Å². The van der Waals surface area contributed by atoms with E-state index < -0.39 is 12.2 Å². The molecule has 0 fully saturated rings. The van der Waals surface area contributed by atoms with Gasteiger partial charge in [-0.15, -0.1) is 11.3 Å². The lowest BCUT2D eigenvalue weighted by molar-refractivity contribution is 0.190. The minimum Gasteiger partial charge on any atom is -0.405 e. The third-order valence-electron chi connectivity index (χ3n) is 4.60. The van der Waals surface area contributed by atoms with Gasteiger partial charge in [0.05, 0.1) is 0 Å². The maximum Gasteiger partial charge on any atom is 0.412 e. The molecule has 0 aromatic carbocycles. The van der Waals surface area contributed by atoms with E-state index in [1.165, 1.54) is 49.9 Å². The van der Waals surface area contributed by atoms with Gasteiger partial charge in [0.15, 0.2) is 11.5 Å². The predicted molar refractivity (Wildman–Crippen MR) is 119 cm³/mol. The van der Waals surface area contributed by atoms with Crippen LogP contribution in [0.4, 0.5) is 9.59 Å². The van der Waals surface area contributed by atoms with Crippen LogP contribution < -0.4 is 20.1 Å². The molecule has 0 aliphatic heterocycles. The van der Waals surface area contributed by atoms with Crippen molar-refractivity contribution in [3.8, 4) is 11.5 Å². The summed E-state index contributed by atoms with van der Waals surface area (Å²) in [5.74, 6) is 0.535. The lowest BCUT2D eigenvalue weighted by Crippen LogP contribution is -2.29. The molecule has 0 aliphatic rings. The number of amides is 2. The Morgan fingerprint density at radius 2 is 1.07 bits per heavy atom. The van der Waals surface area contributed by atoms with Crippen LogP contribution in [-0.2, 0) is 0 Å².